The van der Waals surface area contributed by atoms with Crippen LogP contribution in [0.5, 0.6) is 11.5 Å². The summed E-state index contributed by atoms with van der Waals surface area (Å²) < 4.78 is 46.0. The van der Waals surface area contributed by atoms with Gasteiger partial charge < -0.3 is 29.3 Å². The van der Waals surface area contributed by atoms with Crippen molar-refractivity contribution in [1.29, 1.82) is 5.26 Å². The SMILES string of the molecule is CC1(C)C(NC(=O)c2ccc(N3CCN(CCOCCOc4cccc5c4CN(c4ccc(F)cc4F)C5=O)CC3)nc2)C(C)(C)C1Oc1ccc(C#N)c(Cl)c1. The molecule has 7 rings (SSSR count). The van der Waals surface area contributed by atoms with Crippen LogP contribution in [0.25, 0.3) is 0 Å². The van der Waals surface area contributed by atoms with E-state index in [4.69, 9.17) is 25.8 Å². The van der Waals surface area contributed by atoms with Crippen molar-refractivity contribution in [3.05, 3.63) is 112 Å². The number of hydrogen-bond acceptors (Lipinski definition) is 9. The summed E-state index contributed by atoms with van der Waals surface area (Å²) in [7, 11) is 0. The zero-order chi connectivity index (χ0) is 40.5. The van der Waals surface area contributed by atoms with Crippen molar-refractivity contribution in [2.24, 2.45) is 10.8 Å². The summed E-state index contributed by atoms with van der Waals surface area (Å²) in [6, 6.07) is 19.0. The molecule has 2 amide bonds. The molecule has 3 heterocycles. The van der Waals surface area contributed by atoms with Crippen molar-refractivity contribution in [3.63, 3.8) is 0 Å². The molecule has 0 spiro atoms. The predicted octanol–water partition coefficient (Wildman–Crippen LogP) is 6.87. The summed E-state index contributed by atoms with van der Waals surface area (Å²) in [4.78, 5) is 36.8. The fourth-order valence-electron chi connectivity index (χ4n) is 8.56. The van der Waals surface area contributed by atoms with Crippen molar-refractivity contribution in [2.75, 3.05) is 62.3 Å². The molecule has 298 valence electrons. The Morgan fingerprint density at radius 1 is 0.982 bits per heavy atom. The number of ether oxygens (including phenoxy) is 3. The molecule has 1 N–H and O–H groups in total. The van der Waals surface area contributed by atoms with Gasteiger partial charge in [0, 0.05) is 79.1 Å². The first-order chi connectivity index (χ1) is 27.3. The number of aromatic nitrogens is 1. The second-order valence-corrected chi connectivity index (χ2v) is 16.2. The van der Waals surface area contributed by atoms with Gasteiger partial charge in [0.2, 0.25) is 0 Å². The summed E-state index contributed by atoms with van der Waals surface area (Å²) in [5.41, 5.74) is 1.23. The van der Waals surface area contributed by atoms with E-state index in [0.29, 0.717) is 52.0 Å². The van der Waals surface area contributed by atoms with Crippen LogP contribution in [0.15, 0.2) is 72.9 Å². The van der Waals surface area contributed by atoms with Crippen molar-refractivity contribution < 1.29 is 32.6 Å². The van der Waals surface area contributed by atoms with Gasteiger partial charge in [-0.1, -0.05) is 45.4 Å². The fraction of sp³-hybridized carbons (Fsp3) is 0.395. The van der Waals surface area contributed by atoms with Gasteiger partial charge in [-0.3, -0.25) is 14.5 Å². The first kappa shape index (κ1) is 39.9. The van der Waals surface area contributed by atoms with Crippen LogP contribution in [0.1, 0.15) is 59.5 Å². The minimum atomic E-state index is -0.796. The van der Waals surface area contributed by atoms with Crippen LogP contribution in [0, 0.1) is 33.8 Å². The zero-order valence-corrected chi connectivity index (χ0v) is 33.1. The molecule has 3 aromatic carbocycles. The maximum atomic E-state index is 14.4. The predicted molar refractivity (Wildman–Crippen MR) is 212 cm³/mol. The van der Waals surface area contributed by atoms with Gasteiger partial charge in [0.1, 0.15) is 47.7 Å². The Hall–Kier alpha value is -5.29. The van der Waals surface area contributed by atoms with Crippen LogP contribution in [0.2, 0.25) is 5.02 Å². The number of anilines is 2. The Kier molecular flexibility index (Phi) is 11.4. The molecular weight excluding hydrogens is 754 g/mol. The number of piperazine rings is 1. The normalized spacial score (nSPS) is 19.7. The van der Waals surface area contributed by atoms with Crippen LogP contribution < -0.4 is 24.6 Å². The Morgan fingerprint density at radius 3 is 2.44 bits per heavy atom. The van der Waals surface area contributed by atoms with Crippen molar-refractivity contribution in [3.8, 4) is 17.6 Å². The maximum Gasteiger partial charge on any atom is 0.259 e. The third-order valence-corrected chi connectivity index (χ3v) is 11.6. The molecule has 57 heavy (non-hydrogen) atoms. The molecule has 1 saturated heterocycles. The molecule has 0 atom stereocenters. The highest BCUT2D eigenvalue weighted by Crippen LogP contribution is 2.55. The lowest BCUT2D eigenvalue weighted by molar-refractivity contribution is -0.164. The van der Waals surface area contributed by atoms with Gasteiger partial charge in [0.25, 0.3) is 11.8 Å². The molecule has 1 aromatic heterocycles. The van der Waals surface area contributed by atoms with E-state index >= 15 is 0 Å². The number of pyridine rings is 1. The van der Waals surface area contributed by atoms with E-state index in [1.165, 1.54) is 11.0 Å². The summed E-state index contributed by atoms with van der Waals surface area (Å²) >= 11 is 6.23. The lowest BCUT2D eigenvalue weighted by Crippen LogP contribution is -2.74. The molecule has 2 fully saturated rings. The number of carbonyl (C=O) groups excluding carboxylic acids is 2. The van der Waals surface area contributed by atoms with E-state index in [0.717, 1.165) is 50.7 Å². The quantitative estimate of drug-likeness (QED) is 0.145. The van der Waals surface area contributed by atoms with Gasteiger partial charge in [-0.15, -0.1) is 0 Å². The lowest BCUT2D eigenvalue weighted by atomic mass is 9.49. The molecule has 3 aliphatic rings. The largest absolute Gasteiger partial charge is 0.491 e. The minimum Gasteiger partial charge on any atom is -0.491 e. The molecule has 4 aromatic rings. The molecule has 2 aliphatic heterocycles. The molecule has 1 saturated carbocycles. The number of nitrogens with one attached hydrogen (secondary N) is 1. The molecule has 11 nitrogen and oxygen atoms in total. The zero-order valence-electron chi connectivity index (χ0n) is 32.4. The second kappa shape index (κ2) is 16.3. The topological polar surface area (TPSA) is 120 Å². The molecule has 14 heteroatoms. The Labute approximate surface area is 336 Å². The highest BCUT2D eigenvalue weighted by molar-refractivity contribution is 6.31. The smallest absolute Gasteiger partial charge is 0.259 e. The van der Waals surface area contributed by atoms with E-state index in [9.17, 15) is 23.6 Å². The molecule has 0 unspecified atom stereocenters. The maximum absolute atomic E-state index is 14.4. The first-order valence-electron chi connectivity index (χ1n) is 19.0. The number of nitrogens with zero attached hydrogens (tertiary/aromatic N) is 5. The van der Waals surface area contributed by atoms with Gasteiger partial charge >= 0.3 is 0 Å². The Balaban J connectivity index is 0.819. The average Bonchev–Trinajstić information content (AvgIpc) is 3.53. The number of amides is 2. The number of halogens is 3. The summed E-state index contributed by atoms with van der Waals surface area (Å²) in [6.07, 6.45) is 1.42. The van der Waals surface area contributed by atoms with Crippen molar-refractivity contribution >= 4 is 34.9 Å². The van der Waals surface area contributed by atoms with Crippen LogP contribution >= 0.6 is 11.6 Å². The monoisotopic (exact) mass is 798 g/mol. The number of carbonyl (C=O) groups is 2. The van der Waals surface area contributed by atoms with E-state index in [2.05, 4.69) is 53.9 Å². The lowest BCUT2D eigenvalue weighted by Gasteiger charge is -2.63. The second-order valence-electron chi connectivity index (χ2n) is 15.8. The summed E-state index contributed by atoms with van der Waals surface area (Å²) in [5, 5.41) is 12.8. The third kappa shape index (κ3) is 8.12. The van der Waals surface area contributed by atoms with Crippen molar-refractivity contribution in [2.45, 2.75) is 46.4 Å². The van der Waals surface area contributed by atoms with Crippen LogP contribution in [-0.4, -0.2) is 86.4 Å². The number of benzene rings is 3. The van der Waals surface area contributed by atoms with Crippen LogP contribution in [0.3, 0.4) is 0 Å². The van der Waals surface area contributed by atoms with Gasteiger partial charge in [-0.2, -0.15) is 5.26 Å². The van der Waals surface area contributed by atoms with Gasteiger partial charge in [0.05, 0.1) is 41.6 Å². The van der Waals surface area contributed by atoms with Crippen LogP contribution in [0.4, 0.5) is 20.3 Å². The Morgan fingerprint density at radius 2 is 1.75 bits per heavy atom. The number of fused-ring (bicyclic) bond motifs is 1. The fourth-order valence-corrected chi connectivity index (χ4v) is 8.77. The summed E-state index contributed by atoms with van der Waals surface area (Å²) in [5.74, 6) is -0.119. The van der Waals surface area contributed by atoms with Crippen LogP contribution in [-0.2, 0) is 11.3 Å². The minimum absolute atomic E-state index is 0.0237. The van der Waals surface area contributed by atoms with E-state index < -0.39 is 11.6 Å². The highest BCUT2D eigenvalue weighted by atomic mass is 35.5. The third-order valence-electron chi connectivity index (χ3n) is 11.3. The molecular formula is C43H45ClF2N6O5. The number of hydrogen-bond donors (Lipinski definition) is 1. The van der Waals surface area contributed by atoms with Gasteiger partial charge in [-0.05, 0) is 48.5 Å². The highest BCUT2D eigenvalue weighted by Gasteiger charge is 2.64. The van der Waals surface area contributed by atoms with Gasteiger partial charge in [-0.25, -0.2) is 13.8 Å². The van der Waals surface area contributed by atoms with Gasteiger partial charge in [0.15, 0.2) is 0 Å². The molecule has 0 radical (unpaired) electrons. The van der Waals surface area contributed by atoms with E-state index in [1.807, 2.05) is 12.1 Å². The average molecular weight is 799 g/mol. The van der Waals surface area contributed by atoms with E-state index in [1.54, 1.807) is 42.6 Å². The first-order valence-corrected chi connectivity index (χ1v) is 19.4. The Bertz CT molecular complexity index is 2170. The molecule has 0 bridgehead atoms. The van der Waals surface area contributed by atoms with Crippen molar-refractivity contribution in [1.82, 2.24) is 15.2 Å². The standard InChI is InChI=1S/C43H45ClF2N6O5/c1-42(2)40(43(3,4)41(42)57-30-11-8-27(24-47)33(44)23-30)49-38(53)28-9-13-37(48-25-28)51-16-14-50(15-17-51)18-19-55-20-21-56-36-7-5-6-31-32(36)26-52(39(31)54)35-12-10-29(45)22-34(35)46/h5-13,22-23,25,40-41H,14-21,26H2,1-4H3,(H,49,53). The molecule has 1 aliphatic carbocycles. The number of nitriles is 1. The van der Waals surface area contributed by atoms with E-state index in [-0.39, 0.29) is 53.6 Å². The number of rotatable bonds is 13. The summed E-state index contributed by atoms with van der Waals surface area (Å²) in [6.45, 7) is 13.6.